The van der Waals surface area contributed by atoms with Crippen molar-refractivity contribution in [2.24, 2.45) is 0 Å². The molecule has 1 saturated heterocycles. The summed E-state index contributed by atoms with van der Waals surface area (Å²) in [5, 5.41) is 9.43. The fourth-order valence-corrected chi connectivity index (χ4v) is 4.62. The number of rotatable bonds is 4. The van der Waals surface area contributed by atoms with Crippen LogP contribution in [0, 0.1) is 11.3 Å². The van der Waals surface area contributed by atoms with E-state index in [2.05, 4.69) is 11.1 Å². The quantitative estimate of drug-likeness (QED) is 0.676. The highest BCUT2D eigenvalue weighted by atomic mass is 32.2. The Kier molecular flexibility index (Phi) is 4.86. The van der Waals surface area contributed by atoms with Gasteiger partial charge in [0.25, 0.3) is 0 Å². The van der Waals surface area contributed by atoms with Gasteiger partial charge in [0.1, 0.15) is 6.07 Å². The van der Waals surface area contributed by atoms with Crippen LogP contribution in [-0.4, -0.2) is 43.9 Å². The van der Waals surface area contributed by atoms with Crippen LogP contribution < -0.4 is 4.90 Å². The van der Waals surface area contributed by atoms with E-state index in [1.54, 1.807) is 30.3 Å². The summed E-state index contributed by atoms with van der Waals surface area (Å²) in [6.45, 7) is 1.46. The maximum atomic E-state index is 12.8. The molecule has 1 aromatic heterocycles. The second-order valence-electron chi connectivity index (χ2n) is 6.35. The van der Waals surface area contributed by atoms with Crippen molar-refractivity contribution < 1.29 is 12.8 Å². The molecule has 1 aliphatic rings. The van der Waals surface area contributed by atoms with Crippen LogP contribution in [0.1, 0.15) is 5.69 Å². The van der Waals surface area contributed by atoms with Crippen LogP contribution in [0.3, 0.4) is 0 Å². The zero-order chi connectivity index (χ0) is 19.6. The van der Waals surface area contributed by atoms with Gasteiger partial charge in [0, 0.05) is 31.7 Å². The molecule has 8 heteroatoms. The Morgan fingerprint density at radius 2 is 1.54 bits per heavy atom. The topological polar surface area (TPSA) is 90.4 Å². The maximum Gasteiger partial charge on any atom is 0.243 e. The van der Waals surface area contributed by atoms with E-state index in [4.69, 9.17) is 4.42 Å². The molecule has 1 fully saturated rings. The van der Waals surface area contributed by atoms with Crippen LogP contribution >= 0.6 is 0 Å². The number of aromatic nitrogens is 1. The van der Waals surface area contributed by atoms with E-state index in [9.17, 15) is 13.7 Å². The molecule has 1 aliphatic heterocycles. The average molecular weight is 394 g/mol. The van der Waals surface area contributed by atoms with Gasteiger partial charge >= 0.3 is 0 Å². The molecule has 0 aliphatic carbocycles. The summed E-state index contributed by atoms with van der Waals surface area (Å²) < 4.78 is 32.8. The number of nitriles is 1. The molecule has 3 aromatic rings. The number of nitrogens with zero attached hydrogens (tertiary/aromatic N) is 4. The van der Waals surface area contributed by atoms with Gasteiger partial charge in [-0.15, -0.1) is 0 Å². The van der Waals surface area contributed by atoms with Crippen molar-refractivity contribution in [3.63, 3.8) is 0 Å². The van der Waals surface area contributed by atoms with Crippen molar-refractivity contribution in [2.75, 3.05) is 31.1 Å². The van der Waals surface area contributed by atoms with Gasteiger partial charge in [0.15, 0.2) is 0 Å². The van der Waals surface area contributed by atoms with E-state index in [1.165, 1.54) is 4.31 Å². The van der Waals surface area contributed by atoms with E-state index in [0.717, 1.165) is 5.56 Å². The maximum absolute atomic E-state index is 12.8. The summed E-state index contributed by atoms with van der Waals surface area (Å²) >= 11 is 0. The molecule has 2 aromatic carbocycles. The highest BCUT2D eigenvalue weighted by molar-refractivity contribution is 7.89. The molecular weight excluding hydrogens is 376 g/mol. The number of piperazine rings is 1. The predicted molar refractivity (Wildman–Crippen MR) is 104 cm³/mol. The van der Waals surface area contributed by atoms with Crippen molar-refractivity contribution in [1.29, 1.82) is 5.26 Å². The fourth-order valence-electron chi connectivity index (χ4n) is 3.18. The Balaban J connectivity index is 1.53. The molecule has 4 rings (SSSR count). The number of hydrogen-bond donors (Lipinski definition) is 0. The highest BCUT2D eigenvalue weighted by Crippen LogP contribution is 2.29. The van der Waals surface area contributed by atoms with Crippen molar-refractivity contribution in [2.45, 2.75) is 4.90 Å². The Labute approximate surface area is 163 Å². The molecule has 0 unspecified atom stereocenters. The minimum Gasteiger partial charge on any atom is -0.419 e. The van der Waals surface area contributed by atoms with E-state index >= 15 is 0 Å². The van der Waals surface area contributed by atoms with Gasteiger partial charge in [0.05, 0.1) is 4.90 Å². The molecule has 0 N–H and O–H groups in total. The normalized spacial score (nSPS) is 15.3. The van der Waals surface area contributed by atoms with E-state index in [0.29, 0.717) is 38.0 Å². The van der Waals surface area contributed by atoms with Gasteiger partial charge < -0.3 is 9.32 Å². The molecule has 0 amide bonds. The lowest BCUT2D eigenvalue weighted by Crippen LogP contribution is -2.48. The summed E-state index contributed by atoms with van der Waals surface area (Å²) in [5.74, 6) is 0.768. The number of hydrogen-bond acceptors (Lipinski definition) is 6. The van der Waals surface area contributed by atoms with E-state index in [1.807, 2.05) is 35.2 Å². The van der Waals surface area contributed by atoms with E-state index < -0.39 is 10.0 Å². The molecular formula is C20H18N4O3S. The van der Waals surface area contributed by atoms with Crippen LogP contribution in [0.25, 0.3) is 11.5 Å². The monoisotopic (exact) mass is 394 g/mol. The first-order valence-electron chi connectivity index (χ1n) is 8.86. The number of anilines is 1. The van der Waals surface area contributed by atoms with Gasteiger partial charge in [-0.1, -0.05) is 36.4 Å². The zero-order valence-electron chi connectivity index (χ0n) is 15.0. The van der Waals surface area contributed by atoms with Crippen LogP contribution in [0.5, 0.6) is 0 Å². The third-order valence-electron chi connectivity index (χ3n) is 4.64. The van der Waals surface area contributed by atoms with Crippen molar-refractivity contribution in [1.82, 2.24) is 9.29 Å². The summed E-state index contributed by atoms with van der Waals surface area (Å²) in [7, 11) is -3.53. The Bertz CT molecular complexity index is 1100. The average Bonchev–Trinajstić information content (AvgIpc) is 3.20. The Morgan fingerprint density at radius 1 is 0.929 bits per heavy atom. The molecule has 142 valence electrons. The molecule has 7 nitrogen and oxygen atoms in total. The standard InChI is InChI=1S/C20H18N4O3S/c21-15-18-20(27-19(22-18)16-7-3-1-4-8-16)23-11-13-24(14-12-23)28(25,26)17-9-5-2-6-10-17/h1-10H,11-14H2. The Hall–Kier alpha value is -3.15. The molecule has 0 atom stereocenters. The largest absolute Gasteiger partial charge is 0.419 e. The molecule has 28 heavy (non-hydrogen) atoms. The first-order valence-corrected chi connectivity index (χ1v) is 10.3. The van der Waals surface area contributed by atoms with Crippen LogP contribution in [0.15, 0.2) is 70.0 Å². The third-order valence-corrected chi connectivity index (χ3v) is 6.56. The summed E-state index contributed by atoms with van der Waals surface area (Å²) in [5.41, 5.74) is 0.994. The van der Waals surface area contributed by atoms with Crippen molar-refractivity contribution >= 4 is 15.9 Å². The summed E-state index contributed by atoms with van der Waals surface area (Å²) in [4.78, 5) is 6.44. The lowest BCUT2D eigenvalue weighted by atomic mass is 10.2. The van der Waals surface area contributed by atoms with Gasteiger partial charge in [0.2, 0.25) is 27.5 Å². The van der Waals surface area contributed by atoms with Crippen LogP contribution in [-0.2, 0) is 10.0 Å². The first-order chi connectivity index (χ1) is 13.6. The highest BCUT2D eigenvalue weighted by Gasteiger charge is 2.31. The SMILES string of the molecule is N#Cc1nc(-c2ccccc2)oc1N1CCN(S(=O)(=O)c2ccccc2)CC1. The number of oxazole rings is 1. The lowest BCUT2D eigenvalue weighted by Gasteiger charge is -2.33. The summed E-state index contributed by atoms with van der Waals surface area (Å²) in [6.07, 6.45) is 0. The minimum absolute atomic E-state index is 0.207. The number of sulfonamides is 1. The van der Waals surface area contributed by atoms with Crippen molar-refractivity contribution in [3.8, 4) is 17.5 Å². The second kappa shape index (κ2) is 7.46. The van der Waals surface area contributed by atoms with Gasteiger partial charge in [-0.2, -0.15) is 14.6 Å². The van der Waals surface area contributed by atoms with E-state index in [-0.39, 0.29) is 10.6 Å². The molecule has 0 radical (unpaired) electrons. The van der Waals surface area contributed by atoms with Crippen LogP contribution in [0.4, 0.5) is 5.88 Å². The fraction of sp³-hybridized carbons (Fsp3) is 0.200. The lowest BCUT2D eigenvalue weighted by molar-refractivity contribution is 0.374. The van der Waals surface area contributed by atoms with Gasteiger partial charge in [-0.3, -0.25) is 0 Å². The molecule has 2 heterocycles. The predicted octanol–water partition coefficient (Wildman–Crippen LogP) is 2.72. The minimum atomic E-state index is -3.53. The smallest absolute Gasteiger partial charge is 0.243 e. The van der Waals surface area contributed by atoms with Crippen molar-refractivity contribution in [3.05, 3.63) is 66.4 Å². The Morgan fingerprint density at radius 3 is 2.14 bits per heavy atom. The molecule has 0 bridgehead atoms. The zero-order valence-corrected chi connectivity index (χ0v) is 15.8. The molecule has 0 saturated carbocycles. The van der Waals surface area contributed by atoms with Gasteiger partial charge in [-0.25, -0.2) is 8.42 Å². The summed E-state index contributed by atoms with van der Waals surface area (Å²) in [6, 6.07) is 19.8. The second-order valence-corrected chi connectivity index (χ2v) is 8.29. The third kappa shape index (κ3) is 3.38. The van der Waals surface area contributed by atoms with Crippen LogP contribution in [0.2, 0.25) is 0 Å². The van der Waals surface area contributed by atoms with Gasteiger partial charge in [-0.05, 0) is 24.3 Å². The number of benzene rings is 2. The molecule has 0 spiro atoms. The first kappa shape index (κ1) is 18.2.